The first-order valence-electron chi connectivity index (χ1n) is 4.71. The van der Waals surface area contributed by atoms with Crippen molar-refractivity contribution in [1.82, 2.24) is 0 Å². The highest BCUT2D eigenvalue weighted by atomic mass is 32.1. The van der Waals surface area contributed by atoms with Gasteiger partial charge in [0, 0.05) is 0 Å². The maximum Gasteiger partial charge on any atom is 0.323 e. The molecule has 0 saturated heterocycles. The van der Waals surface area contributed by atoms with Crippen molar-refractivity contribution >= 4 is 23.1 Å². The monoisotopic (exact) mass is 239 g/mol. The molecular formula is C11H11O4S-. The molecule has 0 aromatic carbocycles. The number of esters is 1. The standard InChI is InChI=1S/C11H12O4S/c1-3-15-11(14)10(13)7(2)9(12)8-5-4-6-16-8/h4-6,13H,3H2,1-2H3/p-1. The van der Waals surface area contributed by atoms with Gasteiger partial charge in [0.2, 0.25) is 0 Å². The predicted molar refractivity (Wildman–Crippen MR) is 58.0 cm³/mol. The van der Waals surface area contributed by atoms with Crippen LogP contribution in [0.1, 0.15) is 23.5 Å². The van der Waals surface area contributed by atoms with Crippen LogP contribution in [-0.2, 0) is 9.53 Å². The molecule has 0 radical (unpaired) electrons. The summed E-state index contributed by atoms with van der Waals surface area (Å²) in [5.74, 6) is -2.28. The number of allylic oxidation sites excluding steroid dienone is 1. The summed E-state index contributed by atoms with van der Waals surface area (Å²) in [5.41, 5.74) is -0.110. The van der Waals surface area contributed by atoms with E-state index in [4.69, 9.17) is 0 Å². The number of ketones is 1. The van der Waals surface area contributed by atoms with Gasteiger partial charge in [0.05, 0.1) is 11.5 Å². The molecule has 5 heteroatoms. The fraction of sp³-hybridized carbons (Fsp3) is 0.273. The van der Waals surface area contributed by atoms with Crippen molar-refractivity contribution in [1.29, 1.82) is 0 Å². The normalized spacial score (nSPS) is 11.9. The Kier molecular flexibility index (Phi) is 4.25. The van der Waals surface area contributed by atoms with E-state index < -0.39 is 17.5 Å². The number of ether oxygens (including phenoxy) is 1. The minimum Gasteiger partial charge on any atom is -0.867 e. The highest BCUT2D eigenvalue weighted by Crippen LogP contribution is 2.15. The van der Waals surface area contributed by atoms with E-state index in [9.17, 15) is 14.7 Å². The van der Waals surface area contributed by atoms with Gasteiger partial charge in [-0.25, -0.2) is 4.79 Å². The lowest BCUT2D eigenvalue weighted by atomic mass is 10.1. The van der Waals surface area contributed by atoms with Gasteiger partial charge in [-0.1, -0.05) is 6.07 Å². The third-order valence-corrected chi connectivity index (χ3v) is 2.76. The minimum absolute atomic E-state index is 0.110. The van der Waals surface area contributed by atoms with Crippen LogP contribution in [0.4, 0.5) is 0 Å². The van der Waals surface area contributed by atoms with Crippen molar-refractivity contribution in [3.63, 3.8) is 0 Å². The van der Waals surface area contributed by atoms with E-state index in [0.29, 0.717) is 4.88 Å². The lowest BCUT2D eigenvalue weighted by molar-refractivity contribution is -0.304. The number of hydrogen-bond acceptors (Lipinski definition) is 5. The van der Waals surface area contributed by atoms with Gasteiger partial charge in [0.15, 0.2) is 5.78 Å². The van der Waals surface area contributed by atoms with E-state index in [-0.39, 0.29) is 12.2 Å². The molecule has 0 atom stereocenters. The second-order valence-electron chi connectivity index (χ2n) is 2.98. The molecule has 4 nitrogen and oxygen atoms in total. The van der Waals surface area contributed by atoms with Crippen LogP contribution in [0.25, 0.3) is 0 Å². The smallest absolute Gasteiger partial charge is 0.323 e. The van der Waals surface area contributed by atoms with Gasteiger partial charge in [-0.3, -0.25) is 4.79 Å². The van der Waals surface area contributed by atoms with E-state index in [1.54, 1.807) is 24.4 Å². The van der Waals surface area contributed by atoms with Gasteiger partial charge in [-0.2, -0.15) is 0 Å². The Morgan fingerprint density at radius 1 is 1.50 bits per heavy atom. The predicted octanol–water partition coefficient (Wildman–Crippen LogP) is 1.13. The fourth-order valence-corrected chi connectivity index (χ4v) is 1.77. The van der Waals surface area contributed by atoms with Crippen molar-refractivity contribution in [2.45, 2.75) is 13.8 Å². The van der Waals surface area contributed by atoms with Crippen LogP contribution in [0, 0.1) is 0 Å². The van der Waals surface area contributed by atoms with Gasteiger partial charge in [-0.15, -0.1) is 11.3 Å². The van der Waals surface area contributed by atoms with Gasteiger partial charge in [0.25, 0.3) is 0 Å². The molecule has 0 unspecified atom stereocenters. The number of carbonyl (C=O) groups is 2. The summed E-state index contributed by atoms with van der Waals surface area (Å²) in [7, 11) is 0. The first-order chi connectivity index (χ1) is 7.57. The summed E-state index contributed by atoms with van der Waals surface area (Å²) in [6.45, 7) is 3.05. The Labute approximate surface area is 97.2 Å². The summed E-state index contributed by atoms with van der Waals surface area (Å²) < 4.78 is 4.53. The van der Waals surface area contributed by atoms with Gasteiger partial charge in [0.1, 0.15) is 0 Å². The molecule has 1 heterocycles. The number of thiophene rings is 1. The molecule has 0 bridgehead atoms. The topological polar surface area (TPSA) is 66.4 Å². The van der Waals surface area contributed by atoms with E-state index in [0.717, 1.165) is 0 Å². The minimum atomic E-state index is -0.982. The molecule has 0 aliphatic heterocycles. The SMILES string of the molecule is CCOC(=O)C([O-])=C(C)C(=O)c1cccs1. The summed E-state index contributed by atoms with van der Waals surface area (Å²) >= 11 is 1.23. The van der Waals surface area contributed by atoms with Crippen molar-refractivity contribution < 1.29 is 19.4 Å². The highest BCUT2D eigenvalue weighted by Gasteiger charge is 2.13. The van der Waals surface area contributed by atoms with Crippen LogP contribution < -0.4 is 5.11 Å². The van der Waals surface area contributed by atoms with Gasteiger partial charge < -0.3 is 9.84 Å². The second kappa shape index (κ2) is 5.46. The highest BCUT2D eigenvalue weighted by molar-refractivity contribution is 7.12. The molecule has 0 spiro atoms. The van der Waals surface area contributed by atoms with Crippen molar-refractivity contribution in [3.05, 3.63) is 33.7 Å². The zero-order chi connectivity index (χ0) is 12.1. The van der Waals surface area contributed by atoms with Crippen LogP contribution in [0.15, 0.2) is 28.8 Å². The van der Waals surface area contributed by atoms with Crippen LogP contribution >= 0.6 is 11.3 Å². The number of hydrogen-bond donors (Lipinski definition) is 0. The lowest BCUT2D eigenvalue weighted by Gasteiger charge is -2.13. The first kappa shape index (κ1) is 12.4. The molecule has 1 aromatic rings. The van der Waals surface area contributed by atoms with Crippen LogP contribution in [-0.4, -0.2) is 18.4 Å². The molecule has 16 heavy (non-hydrogen) atoms. The lowest BCUT2D eigenvalue weighted by Crippen LogP contribution is -2.22. The van der Waals surface area contributed by atoms with E-state index in [2.05, 4.69) is 4.74 Å². The molecule has 0 aliphatic rings. The quantitative estimate of drug-likeness (QED) is 0.342. The Hall–Kier alpha value is -1.62. The summed E-state index contributed by atoms with van der Waals surface area (Å²) in [6.07, 6.45) is 0. The summed E-state index contributed by atoms with van der Waals surface area (Å²) in [5, 5.41) is 13.2. The number of Topliss-reactive ketones (excluding diaryl/α,β-unsaturated/α-hetero) is 1. The average molecular weight is 239 g/mol. The third kappa shape index (κ3) is 2.70. The van der Waals surface area contributed by atoms with Gasteiger partial charge in [-0.05, 0) is 36.6 Å². The summed E-state index contributed by atoms with van der Waals surface area (Å²) in [4.78, 5) is 23.3. The second-order valence-corrected chi connectivity index (χ2v) is 3.93. The molecule has 1 rings (SSSR count). The molecule has 1 aromatic heterocycles. The van der Waals surface area contributed by atoms with Gasteiger partial charge >= 0.3 is 5.97 Å². The maximum absolute atomic E-state index is 11.7. The molecule has 0 fully saturated rings. The third-order valence-electron chi connectivity index (χ3n) is 1.89. The molecule has 0 N–H and O–H groups in total. The van der Waals surface area contributed by atoms with E-state index in [1.807, 2.05) is 0 Å². The summed E-state index contributed by atoms with van der Waals surface area (Å²) in [6, 6.07) is 3.31. The molecule has 0 aliphatic carbocycles. The maximum atomic E-state index is 11.7. The van der Waals surface area contributed by atoms with Crippen molar-refractivity contribution in [2.24, 2.45) is 0 Å². The van der Waals surface area contributed by atoms with Crippen molar-refractivity contribution in [3.8, 4) is 0 Å². The molecule has 0 amide bonds. The fourth-order valence-electron chi connectivity index (χ4n) is 1.05. The van der Waals surface area contributed by atoms with E-state index >= 15 is 0 Å². The Morgan fingerprint density at radius 2 is 2.19 bits per heavy atom. The Morgan fingerprint density at radius 3 is 2.69 bits per heavy atom. The zero-order valence-corrected chi connectivity index (χ0v) is 9.80. The molecule has 86 valence electrons. The largest absolute Gasteiger partial charge is 0.867 e. The zero-order valence-electron chi connectivity index (χ0n) is 8.98. The van der Waals surface area contributed by atoms with Crippen LogP contribution in [0.2, 0.25) is 0 Å². The van der Waals surface area contributed by atoms with E-state index in [1.165, 1.54) is 18.3 Å². The average Bonchev–Trinajstić information content (AvgIpc) is 2.79. The number of rotatable bonds is 4. The Bertz CT molecular complexity index is 417. The Balaban J connectivity index is 2.91. The van der Waals surface area contributed by atoms with Crippen LogP contribution in [0.3, 0.4) is 0 Å². The number of carbonyl (C=O) groups excluding carboxylic acids is 2. The van der Waals surface area contributed by atoms with Crippen LogP contribution in [0.5, 0.6) is 0 Å². The van der Waals surface area contributed by atoms with Crippen molar-refractivity contribution in [2.75, 3.05) is 6.61 Å². The molecule has 0 saturated carbocycles. The molecular weight excluding hydrogens is 228 g/mol. The first-order valence-corrected chi connectivity index (χ1v) is 5.59.